The number of nitrogens with zero attached hydrogens (tertiary/aromatic N) is 2. The van der Waals surface area contributed by atoms with Crippen LogP contribution in [0.2, 0.25) is 0 Å². The number of hydrogen-bond donors (Lipinski definition) is 1. The van der Waals surface area contributed by atoms with Gasteiger partial charge in [-0.2, -0.15) is 0 Å². The Kier molecular flexibility index (Phi) is 7.13. The Balaban J connectivity index is 2.01. The largest absolute Gasteiger partial charge is 0.464 e. The minimum absolute atomic E-state index is 0.0938. The number of fused-ring (bicyclic) bond motifs is 3. The van der Waals surface area contributed by atoms with Crippen molar-refractivity contribution in [1.82, 2.24) is 14.9 Å². The SMILES string of the molecule is CCCCn1c2ccc(Br)cc2c2cc(C(=O)NC(C(=O)OCC)C(C)C)ncc21. The quantitative estimate of drug-likeness (QED) is 0.463. The van der Waals surface area contributed by atoms with Gasteiger partial charge in [0.1, 0.15) is 11.7 Å². The van der Waals surface area contributed by atoms with Crippen molar-refractivity contribution in [3.8, 4) is 0 Å². The van der Waals surface area contributed by atoms with E-state index in [0.717, 1.165) is 45.7 Å². The van der Waals surface area contributed by atoms with E-state index >= 15 is 0 Å². The van der Waals surface area contributed by atoms with Crippen LogP contribution in [0.25, 0.3) is 21.8 Å². The molecule has 1 atom stereocenters. The molecule has 1 unspecified atom stereocenters. The van der Waals surface area contributed by atoms with E-state index in [4.69, 9.17) is 4.74 Å². The molecule has 0 saturated carbocycles. The lowest BCUT2D eigenvalue weighted by Crippen LogP contribution is -2.45. The molecule has 0 saturated heterocycles. The fourth-order valence-electron chi connectivity index (χ4n) is 3.59. The Morgan fingerprint density at radius 2 is 1.90 bits per heavy atom. The van der Waals surface area contributed by atoms with E-state index in [9.17, 15) is 9.59 Å². The summed E-state index contributed by atoms with van der Waals surface area (Å²) in [5.41, 5.74) is 2.40. The van der Waals surface area contributed by atoms with Crippen molar-refractivity contribution < 1.29 is 14.3 Å². The van der Waals surface area contributed by atoms with Gasteiger partial charge in [-0.25, -0.2) is 9.78 Å². The first kappa shape index (κ1) is 22.3. The Morgan fingerprint density at radius 3 is 2.57 bits per heavy atom. The lowest BCUT2D eigenvalue weighted by Gasteiger charge is -2.20. The highest BCUT2D eigenvalue weighted by molar-refractivity contribution is 9.10. The van der Waals surface area contributed by atoms with Gasteiger partial charge in [-0.05, 0) is 43.5 Å². The van der Waals surface area contributed by atoms with E-state index < -0.39 is 12.0 Å². The van der Waals surface area contributed by atoms with E-state index in [0.29, 0.717) is 0 Å². The fourth-order valence-corrected chi connectivity index (χ4v) is 3.96. The molecule has 2 heterocycles. The van der Waals surface area contributed by atoms with Crippen molar-refractivity contribution in [3.05, 3.63) is 40.6 Å². The molecule has 0 spiro atoms. The van der Waals surface area contributed by atoms with E-state index in [1.54, 1.807) is 13.1 Å². The van der Waals surface area contributed by atoms with Crippen LogP contribution in [0.4, 0.5) is 0 Å². The molecule has 0 fully saturated rings. The smallest absolute Gasteiger partial charge is 0.328 e. The van der Waals surface area contributed by atoms with E-state index in [1.165, 1.54) is 0 Å². The van der Waals surface area contributed by atoms with Crippen LogP contribution < -0.4 is 5.32 Å². The standard InChI is InChI=1S/C23H28BrN3O3/c1-5-7-10-27-19-9-8-15(24)11-16(19)17-12-18(25-13-20(17)27)22(28)26-21(14(3)4)23(29)30-6-2/h8-9,11-14,21H,5-7,10H2,1-4H3,(H,26,28). The van der Waals surface area contributed by atoms with Gasteiger partial charge >= 0.3 is 5.97 Å². The van der Waals surface area contributed by atoms with Gasteiger partial charge in [0.05, 0.1) is 18.3 Å². The predicted octanol–water partition coefficient (Wildman–Crippen LogP) is 5.07. The third-order valence-corrected chi connectivity index (χ3v) is 5.67. The van der Waals surface area contributed by atoms with E-state index in [1.807, 2.05) is 26.0 Å². The van der Waals surface area contributed by atoms with Gasteiger partial charge in [0.25, 0.3) is 5.91 Å². The number of esters is 1. The molecule has 0 aliphatic carbocycles. The molecule has 0 radical (unpaired) electrons. The monoisotopic (exact) mass is 473 g/mol. The van der Waals surface area contributed by atoms with Crippen LogP contribution in [-0.2, 0) is 16.1 Å². The molecule has 160 valence electrons. The molecule has 6 nitrogen and oxygen atoms in total. The molecule has 1 amide bonds. The molecule has 0 bridgehead atoms. The molecule has 30 heavy (non-hydrogen) atoms. The van der Waals surface area contributed by atoms with Gasteiger partial charge < -0.3 is 14.6 Å². The molecule has 3 rings (SSSR count). The summed E-state index contributed by atoms with van der Waals surface area (Å²) >= 11 is 3.55. The third kappa shape index (κ3) is 4.51. The Hall–Kier alpha value is -2.41. The number of amides is 1. The fraction of sp³-hybridized carbons (Fsp3) is 0.435. The van der Waals surface area contributed by atoms with E-state index in [-0.39, 0.29) is 24.1 Å². The lowest BCUT2D eigenvalue weighted by molar-refractivity contribution is -0.146. The number of aromatic nitrogens is 2. The van der Waals surface area contributed by atoms with Crippen molar-refractivity contribution in [2.75, 3.05) is 6.61 Å². The van der Waals surface area contributed by atoms with Gasteiger partial charge in [-0.15, -0.1) is 0 Å². The Labute approximate surface area is 185 Å². The van der Waals surface area contributed by atoms with Crippen molar-refractivity contribution in [1.29, 1.82) is 0 Å². The van der Waals surface area contributed by atoms with E-state index in [2.05, 4.69) is 49.9 Å². The number of carbonyl (C=O) groups is 2. The van der Waals surface area contributed by atoms with Crippen LogP contribution >= 0.6 is 15.9 Å². The van der Waals surface area contributed by atoms with Crippen LogP contribution in [0.1, 0.15) is 51.0 Å². The zero-order valence-corrected chi connectivity index (χ0v) is 19.5. The summed E-state index contributed by atoms with van der Waals surface area (Å²) in [6.45, 7) is 8.82. The third-order valence-electron chi connectivity index (χ3n) is 5.17. The normalized spacial score (nSPS) is 12.5. The minimum Gasteiger partial charge on any atom is -0.464 e. The highest BCUT2D eigenvalue weighted by Gasteiger charge is 2.26. The number of aryl methyl sites for hydroxylation is 1. The number of unbranched alkanes of at least 4 members (excludes halogenated alkanes) is 1. The summed E-state index contributed by atoms with van der Waals surface area (Å²) < 4.78 is 8.34. The molecule has 0 aliphatic rings. The van der Waals surface area contributed by atoms with Gasteiger partial charge in [0.15, 0.2) is 0 Å². The second kappa shape index (κ2) is 9.60. The number of ether oxygens (including phenoxy) is 1. The number of hydrogen-bond acceptors (Lipinski definition) is 4. The maximum atomic E-state index is 12.9. The topological polar surface area (TPSA) is 73.2 Å². The second-order valence-corrected chi connectivity index (χ2v) is 8.62. The second-order valence-electron chi connectivity index (χ2n) is 7.70. The maximum Gasteiger partial charge on any atom is 0.328 e. The van der Waals surface area contributed by atoms with Crippen molar-refractivity contribution in [2.45, 2.75) is 53.1 Å². The van der Waals surface area contributed by atoms with Crippen LogP contribution in [0.15, 0.2) is 34.9 Å². The number of rotatable bonds is 8. The molecule has 1 aromatic carbocycles. The highest BCUT2D eigenvalue weighted by atomic mass is 79.9. The molecule has 3 aromatic rings. The number of pyridine rings is 1. The van der Waals surface area contributed by atoms with Crippen molar-refractivity contribution in [2.24, 2.45) is 5.92 Å². The maximum absolute atomic E-state index is 12.9. The van der Waals surface area contributed by atoms with Gasteiger partial charge in [-0.1, -0.05) is 43.1 Å². The first-order chi connectivity index (χ1) is 14.4. The van der Waals surface area contributed by atoms with Gasteiger partial charge in [0.2, 0.25) is 0 Å². The first-order valence-electron chi connectivity index (χ1n) is 10.4. The summed E-state index contributed by atoms with van der Waals surface area (Å²) in [6.07, 6.45) is 3.91. The van der Waals surface area contributed by atoms with Gasteiger partial charge in [0, 0.05) is 27.3 Å². The van der Waals surface area contributed by atoms with Gasteiger partial charge in [-0.3, -0.25) is 4.79 Å². The zero-order valence-electron chi connectivity index (χ0n) is 17.9. The van der Waals surface area contributed by atoms with Crippen molar-refractivity contribution in [3.63, 3.8) is 0 Å². The number of nitrogens with one attached hydrogen (secondary N) is 1. The Bertz CT molecular complexity index is 1070. The molecular weight excluding hydrogens is 446 g/mol. The molecular formula is C23H28BrN3O3. The van der Waals surface area contributed by atoms with Crippen molar-refractivity contribution >= 4 is 49.6 Å². The van der Waals surface area contributed by atoms with Crippen LogP contribution in [0.5, 0.6) is 0 Å². The zero-order chi connectivity index (χ0) is 21.8. The summed E-state index contributed by atoms with van der Waals surface area (Å²) in [6, 6.07) is 7.28. The Morgan fingerprint density at radius 1 is 1.17 bits per heavy atom. The lowest BCUT2D eigenvalue weighted by atomic mass is 10.0. The highest BCUT2D eigenvalue weighted by Crippen LogP contribution is 2.31. The first-order valence-corrected chi connectivity index (χ1v) is 11.2. The number of carbonyl (C=O) groups excluding carboxylic acids is 2. The minimum atomic E-state index is -0.713. The van der Waals surface area contributed by atoms with Crippen LogP contribution in [-0.4, -0.2) is 34.1 Å². The summed E-state index contributed by atoms with van der Waals surface area (Å²) in [5, 5.41) is 4.83. The molecule has 2 aromatic heterocycles. The number of benzene rings is 1. The summed E-state index contributed by atoms with van der Waals surface area (Å²) in [4.78, 5) is 29.5. The number of halogens is 1. The molecule has 1 N–H and O–H groups in total. The average Bonchev–Trinajstić information content (AvgIpc) is 3.02. The summed E-state index contributed by atoms with van der Waals surface area (Å²) in [5.74, 6) is -0.904. The summed E-state index contributed by atoms with van der Waals surface area (Å²) in [7, 11) is 0. The molecule has 7 heteroatoms. The van der Waals surface area contributed by atoms with Crippen LogP contribution in [0, 0.1) is 5.92 Å². The molecule has 0 aliphatic heterocycles. The average molecular weight is 474 g/mol. The van der Waals surface area contributed by atoms with Crippen LogP contribution in [0.3, 0.4) is 0 Å². The predicted molar refractivity (Wildman–Crippen MR) is 123 cm³/mol.